The van der Waals surface area contributed by atoms with E-state index < -0.39 is 0 Å². The SMILES string of the molecule is COCCCn1c(C)cc(-c2csc(N)n2)c1C. The van der Waals surface area contributed by atoms with Crippen molar-refractivity contribution in [3.63, 3.8) is 0 Å². The number of hydrogen-bond acceptors (Lipinski definition) is 4. The Labute approximate surface area is 111 Å². The largest absolute Gasteiger partial charge is 0.385 e. The monoisotopic (exact) mass is 265 g/mol. The van der Waals surface area contributed by atoms with E-state index in [1.807, 2.05) is 5.38 Å². The molecule has 0 aliphatic carbocycles. The normalized spacial score (nSPS) is 11.1. The van der Waals surface area contributed by atoms with Crippen LogP contribution < -0.4 is 5.73 Å². The van der Waals surface area contributed by atoms with Crippen molar-refractivity contribution in [1.29, 1.82) is 0 Å². The first-order valence-corrected chi connectivity index (χ1v) is 6.88. The van der Waals surface area contributed by atoms with Gasteiger partial charge in [0.15, 0.2) is 5.13 Å². The minimum absolute atomic E-state index is 0.620. The van der Waals surface area contributed by atoms with Crippen LogP contribution in [0.15, 0.2) is 11.4 Å². The molecule has 0 aromatic carbocycles. The lowest BCUT2D eigenvalue weighted by atomic mass is 10.2. The molecule has 98 valence electrons. The average molecular weight is 265 g/mol. The lowest BCUT2D eigenvalue weighted by Crippen LogP contribution is -2.05. The van der Waals surface area contributed by atoms with E-state index in [-0.39, 0.29) is 0 Å². The van der Waals surface area contributed by atoms with E-state index in [0.717, 1.165) is 25.3 Å². The minimum atomic E-state index is 0.620. The second-order valence-corrected chi connectivity index (χ2v) is 5.24. The molecule has 2 aromatic rings. The van der Waals surface area contributed by atoms with Gasteiger partial charge in [0.1, 0.15) is 0 Å². The molecule has 2 rings (SSSR count). The number of anilines is 1. The third-order valence-electron chi connectivity index (χ3n) is 3.10. The van der Waals surface area contributed by atoms with Crippen LogP contribution in [0.2, 0.25) is 0 Å². The fourth-order valence-corrected chi connectivity index (χ4v) is 2.75. The molecule has 0 saturated carbocycles. The summed E-state index contributed by atoms with van der Waals surface area (Å²) >= 11 is 1.48. The van der Waals surface area contributed by atoms with E-state index >= 15 is 0 Å². The first-order chi connectivity index (χ1) is 8.63. The molecule has 0 bridgehead atoms. The second kappa shape index (κ2) is 5.54. The Bertz CT molecular complexity index is 530. The molecule has 0 aliphatic rings. The molecule has 0 aliphatic heterocycles. The van der Waals surface area contributed by atoms with Gasteiger partial charge < -0.3 is 15.0 Å². The topological polar surface area (TPSA) is 53.1 Å². The van der Waals surface area contributed by atoms with Gasteiger partial charge >= 0.3 is 0 Å². The summed E-state index contributed by atoms with van der Waals surface area (Å²) in [6.07, 6.45) is 1.02. The number of nitrogen functional groups attached to an aromatic ring is 1. The zero-order chi connectivity index (χ0) is 13.1. The van der Waals surface area contributed by atoms with Gasteiger partial charge in [-0.1, -0.05) is 0 Å². The quantitative estimate of drug-likeness (QED) is 0.846. The Kier molecular flexibility index (Phi) is 4.04. The molecule has 0 fully saturated rings. The molecule has 0 atom stereocenters. The first-order valence-electron chi connectivity index (χ1n) is 6.00. The van der Waals surface area contributed by atoms with E-state index in [1.165, 1.54) is 28.3 Å². The molecule has 0 radical (unpaired) electrons. The van der Waals surface area contributed by atoms with Crippen LogP contribution in [0.1, 0.15) is 17.8 Å². The lowest BCUT2D eigenvalue weighted by molar-refractivity contribution is 0.190. The van der Waals surface area contributed by atoms with Crippen molar-refractivity contribution in [2.24, 2.45) is 0 Å². The van der Waals surface area contributed by atoms with Crippen molar-refractivity contribution in [1.82, 2.24) is 9.55 Å². The summed E-state index contributed by atoms with van der Waals surface area (Å²) in [5.74, 6) is 0. The van der Waals surface area contributed by atoms with Crippen molar-refractivity contribution in [2.75, 3.05) is 19.5 Å². The van der Waals surface area contributed by atoms with Gasteiger partial charge in [0.05, 0.1) is 5.69 Å². The molecule has 4 nitrogen and oxygen atoms in total. The number of nitrogens with two attached hydrogens (primary N) is 1. The van der Waals surface area contributed by atoms with Crippen LogP contribution in [0.25, 0.3) is 11.3 Å². The second-order valence-electron chi connectivity index (χ2n) is 4.35. The number of aromatic nitrogens is 2. The lowest BCUT2D eigenvalue weighted by Gasteiger charge is -2.09. The van der Waals surface area contributed by atoms with E-state index in [1.54, 1.807) is 7.11 Å². The fraction of sp³-hybridized carbons (Fsp3) is 0.462. The highest BCUT2D eigenvalue weighted by atomic mass is 32.1. The summed E-state index contributed by atoms with van der Waals surface area (Å²) in [7, 11) is 1.73. The average Bonchev–Trinajstić information content (AvgIpc) is 2.87. The molecule has 0 saturated heterocycles. The molecule has 5 heteroatoms. The van der Waals surface area contributed by atoms with Crippen LogP contribution in [0.3, 0.4) is 0 Å². The van der Waals surface area contributed by atoms with E-state index in [0.29, 0.717) is 5.13 Å². The summed E-state index contributed by atoms with van der Waals surface area (Å²) in [6.45, 7) is 6.02. The fourth-order valence-electron chi connectivity index (χ4n) is 2.18. The summed E-state index contributed by atoms with van der Waals surface area (Å²) in [5.41, 5.74) is 10.3. The highest BCUT2D eigenvalue weighted by molar-refractivity contribution is 7.13. The Morgan fingerprint density at radius 2 is 2.22 bits per heavy atom. The van der Waals surface area contributed by atoms with E-state index in [4.69, 9.17) is 10.5 Å². The maximum Gasteiger partial charge on any atom is 0.180 e. The molecule has 0 amide bonds. The van der Waals surface area contributed by atoms with Crippen molar-refractivity contribution >= 4 is 16.5 Å². The number of aryl methyl sites for hydroxylation is 1. The van der Waals surface area contributed by atoms with E-state index in [2.05, 4.69) is 29.5 Å². The highest BCUT2D eigenvalue weighted by Gasteiger charge is 2.12. The maximum atomic E-state index is 5.69. The first kappa shape index (κ1) is 13.1. The summed E-state index contributed by atoms with van der Waals surface area (Å²) < 4.78 is 7.41. The van der Waals surface area contributed by atoms with Crippen molar-refractivity contribution in [2.45, 2.75) is 26.8 Å². The molecule has 2 aromatic heterocycles. The van der Waals surface area contributed by atoms with Crippen LogP contribution in [0, 0.1) is 13.8 Å². The van der Waals surface area contributed by atoms with E-state index in [9.17, 15) is 0 Å². The summed E-state index contributed by atoms with van der Waals surface area (Å²) in [6, 6.07) is 2.18. The number of thiazole rings is 1. The van der Waals surface area contributed by atoms with Crippen molar-refractivity contribution in [3.8, 4) is 11.3 Å². The van der Waals surface area contributed by atoms with Gasteiger partial charge in [0.2, 0.25) is 0 Å². The van der Waals surface area contributed by atoms with Crippen LogP contribution in [0.4, 0.5) is 5.13 Å². The Hall–Kier alpha value is -1.33. The number of nitrogens with zero attached hydrogens (tertiary/aromatic N) is 2. The smallest absolute Gasteiger partial charge is 0.180 e. The van der Waals surface area contributed by atoms with Crippen LogP contribution >= 0.6 is 11.3 Å². The third-order valence-corrected chi connectivity index (χ3v) is 3.78. The number of methoxy groups -OCH3 is 1. The summed E-state index contributed by atoms with van der Waals surface area (Å²) in [4.78, 5) is 4.35. The van der Waals surface area contributed by atoms with Gasteiger partial charge in [-0.3, -0.25) is 0 Å². The molecule has 18 heavy (non-hydrogen) atoms. The van der Waals surface area contributed by atoms with Crippen LogP contribution in [-0.4, -0.2) is 23.3 Å². The number of rotatable bonds is 5. The predicted octanol–water partition coefficient (Wildman–Crippen LogP) is 2.85. The highest BCUT2D eigenvalue weighted by Crippen LogP contribution is 2.28. The summed E-state index contributed by atoms with van der Waals surface area (Å²) in [5, 5.41) is 2.63. The molecule has 2 N–H and O–H groups in total. The number of hydrogen-bond donors (Lipinski definition) is 1. The van der Waals surface area contributed by atoms with Gasteiger partial charge in [-0.2, -0.15) is 0 Å². The van der Waals surface area contributed by atoms with Crippen molar-refractivity contribution in [3.05, 3.63) is 22.8 Å². The van der Waals surface area contributed by atoms with Crippen LogP contribution in [0.5, 0.6) is 0 Å². The van der Waals surface area contributed by atoms with Gasteiger partial charge in [0, 0.05) is 42.6 Å². The molecular weight excluding hydrogens is 246 g/mol. The standard InChI is InChI=1S/C13H19N3OS/c1-9-7-11(12-8-18-13(14)15-12)10(2)16(9)5-4-6-17-3/h7-8H,4-6H2,1-3H3,(H2,14,15). The zero-order valence-electron chi connectivity index (χ0n) is 11.1. The molecule has 0 unspecified atom stereocenters. The van der Waals surface area contributed by atoms with Gasteiger partial charge in [-0.15, -0.1) is 11.3 Å². The molecule has 0 spiro atoms. The maximum absolute atomic E-state index is 5.69. The third kappa shape index (κ3) is 2.57. The Balaban J connectivity index is 2.26. The minimum Gasteiger partial charge on any atom is -0.385 e. The van der Waals surface area contributed by atoms with Crippen molar-refractivity contribution < 1.29 is 4.74 Å². The van der Waals surface area contributed by atoms with Gasteiger partial charge in [0.25, 0.3) is 0 Å². The Morgan fingerprint density at radius 1 is 1.44 bits per heavy atom. The predicted molar refractivity (Wildman–Crippen MR) is 75.9 cm³/mol. The van der Waals surface area contributed by atoms with Gasteiger partial charge in [-0.05, 0) is 26.3 Å². The molecule has 2 heterocycles. The van der Waals surface area contributed by atoms with Gasteiger partial charge in [-0.25, -0.2) is 4.98 Å². The zero-order valence-corrected chi connectivity index (χ0v) is 11.9. The Morgan fingerprint density at radius 3 is 2.83 bits per heavy atom. The molecular formula is C13H19N3OS. The number of ether oxygens (including phenoxy) is 1. The van der Waals surface area contributed by atoms with Crippen LogP contribution in [-0.2, 0) is 11.3 Å².